The molecule has 1 aromatic heterocycles. The van der Waals surface area contributed by atoms with Gasteiger partial charge in [-0.05, 0) is 19.2 Å². The van der Waals surface area contributed by atoms with E-state index in [4.69, 9.17) is 9.52 Å². The molecule has 1 aromatic rings. The highest BCUT2D eigenvalue weighted by Gasteiger charge is 2.20. The van der Waals surface area contributed by atoms with E-state index < -0.39 is 0 Å². The molecule has 1 rings (SSSR count). The van der Waals surface area contributed by atoms with Crippen LogP contribution in [0.1, 0.15) is 30.0 Å². The Balaban J connectivity index is 2.66. The van der Waals surface area contributed by atoms with Crippen LogP contribution < -0.4 is 5.32 Å². The molecule has 2 atom stereocenters. The number of aliphatic hydroxyl groups excluding tert-OH is 1. The van der Waals surface area contributed by atoms with Crippen LogP contribution in [0.2, 0.25) is 0 Å². The molecule has 2 unspecified atom stereocenters. The number of hydrogen-bond acceptors (Lipinski definition) is 4. The first-order valence-electron chi connectivity index (χ1n) is 5.64. The highest BCUT2D eigenvalue weighted by atomic mass is 32.2. The minimum atomic E-state index is -0.143. The first-order chi connectivity index (χ1) is 8.13. The van der Waals surface area contributed by atoms with E-state index in [2.05, 4.69) is 5.32 Å². The highest BCUT2D eigenvalue weighted by molar-refractivity contribution is 7.99. The van der Waals surface area contributed by atoms with Crippen molar-refractivity contribution in [2.45, 2.75) is 31.6 Å². The Kier molecular flexibility index (Phi) is 5.58. The standard InChI is InChI=1S/C12H19NO3S/c1-4-10-9(5-6-16-10)12(15)13-8(2)11(7-14)17-3/h5-6,8,11,14H,4,7H2,1-3H3,(H,13,15). The number of aryl methyl sites for hydroxylation is 1. The fraction of sp³-hybridized carbons (Fsp3) is 0.583. The number of amides is 1. The summed E-state index contributed by atoms with van der Waals surface area (Å²) in [5.74, 6) is 0.551. The number of hydrogen-bond donors (Lipinski definition) is 2. The lowest BCUT2D eigenvalue weighted by Gasteiger charge is -2.21. The third-order valence-corrected chi connectivity index (χ3v) is 3.87. The monoisotopic (exact) mass is 257 g/mol. The van der Waals surface area contributed by atoms with Crippen molar-refractivity contribution >= 4 is 17.7 Å². The van der Waals surface area contributed by atoms with Crippen molar-refractivity contribution in [1.82, 2.24) is 5.32 Å². The van der Waals surface area contributed by atoms with Crippen LogP contribution in [-0.4, -0.2) is 35.2 Å². The van der Waals surface area contributed by atoms with Crippen LogP contribution in [0.4, 0.5) is 0 Å². The third-order valence-electron chi connectivity index (χ3n) is 2.71. The van der Waals surface area contributed by atoms with Gasteiger partial charge in [0.05, 0.1) is 18.4 Å². The molecular weight excluding hydrogens is 238 g/mol. The molecule has 0 fully saturated rings. The molecule has 1 amide bonds. The molecule has 0 aliphatic carbocycles. The molecule has 5 heteroatoms. The first kappa shape index (κ1) is 14.1. The Morgan fingerprint density at radius 3 is 2.88 bits per heavy atom. The molecule has 0 aromatic carbocycles. The smallest absolute Gasteiger partial charge is 0.255 e. The zero-order valence-corrected chi connectivity index (χ0v) is 11.2. The van der Waals surface area contributed by atoms with Crippen LogP contribution in [0.25, 0.3) is 0 Å². The van der Waals surface area contributed by atoms with Crippen molar-refractivity contribution in [2.75, 3.05) is 12.9 Å². The average molecular weight is 257 g/mol. The lowest BCUT2D eigenvalue weighted by molar-refractivity contribution is 0.0934. The summed E-state index contributed by atoms with van der Waals surface area (Å²) in [7, 11) is 0. The minimum Gasteiger partial charge on any atom is -0.469 e. The lowest BCUT2D eigenvalue weighted by atomic mass is 10.1. The van der Waals surface area contributed by atoms with Gasteiger partial charge in [-0.25, -0.2) is 0 Å². The number of nitrogens with one attached hydrogen (secondary N) is 1. The van der Waals surface area contributed by atoms with E-state index in [0.717, 1.165) is 0 Å². The van der Waals surface area contributed by atoms with Crippen LogP contribution in [0.5, 0.6) is 0 Å². The maximum atomic E-state index is 12.0. The Labute approximate surface area is 106 Å². The summed E-state index contributed by atoms with van der Waals surface area (Å²) in [6, 6.07) is 1.59. The molecule has 96 valence electrons. The van der Waals surface area contributed by atoms with Gasteiger partial charge >= 0.3 is 0 Å². The van der Waals surface area contributed by atoms with Gasteiger partial charge in [0.1, 0.15) is 5.76 Å². The molecule has 0 aliphatic rings. The normalized spacial score (nSPS) is 14.4. The summed E-state index contributed by atoms with van der Waals surface area (Å²) in [6.45, 7) is 3.88. The Morgan fingerprint density at radius 2 is 2.35 bits per heavy atom. The lowest BCUT2D eigenvalue weighted by Crippen LogP contribution is -2.41. The molecule has 0 radical (unpaired) electrons. The van der Waals surface area contributed by atoms with Crippen LogP contribution in [0.15, 0.2) is 16.7 Å². The molecule has 0 saturated heterocycles. The Hall–Kier alpha value is -0.940. The molecule has 0 spiro atoms. The Bertz CT molecular complexity index is 360. The van der Waals surface area contributed by atoms with Gasteiger partial charge in [0.15, 0.2) is 0 Å². The number of rotatable bonds is 6. The zero-order chi connectivity index (χ0) is 12.8. The van der Waals surface area contributed by atoms with Crippen molar-refractivity contribution in [3.63, 3.8) is 0 Å². The topological polar surface area (TPSA) is 62.5 Å². The van der Waals surface area contributed by atoms with E-state index in [-0.39, 0.29) is 23.8 Å². The van der Waals surface area contributed by atoms with Gasteiger partial charge in [-0.2, -0.15) is 11.8 Å². The largest absolute Gasteiger partial charge is 0.469 e. The summed E-state index contributed by atoms with van der Waals surface area (Å²) in [6.07, 6.45) is 4.13. The summed E-state index contributed by atoms with van der Waals surface area (Å²) in [4.78, 5) is 12.0. The second-order valence-electron chi connectivity index (χ2n) is 3.83. The van der Waals surface area contributed by atoms with Gasteiger partial charge in [0.25, 0.3) is 5.91 Å². The van der Waals surface area contributed by atoms with Crippen molar-refractivity contribution in [1.29, 1.82) is 0 Å². The maximum absolute atomic E-state index is 12.0. The molecule has 0 bridgehead atoms. The average Bonchev–Trinajstić information content (AvgIpc) is 2.78. The van der Waals surface area contributed by atoms with E-state index in [9.17, 15) is 4.79 Å². The summed E-state index contributed by atoms with van der Waals surface area (Å²) in [5.41, 5.74) is 0.581. The van der Waals surface area contributed by atoms with Crippen molar-refractivity contribution in [3.05, 3.63) is 23.7 Å². The van der Waals surface area contributed by atoms with Gasteiger partial charge in [-0.3, -0.25) is 4.79 Å². The SMILES string of the molecule is CCc1occc1C(=O)NC(C)C(CO)SC. The predicted octanol–water partition coefficient (Wildman–Crippen LogP) is 1.68. The third kappa shape index (κ3) is 3.51. The summed E-state index contributed by atoms with van der Waals surface area (Å²) >= 11 is 1.54. The predicted molar refractivity (Wildman–Crippen MR) is 69.4 cm³/mol. The maximum Gasteiger partial charge on any atom is 0.255 e. The fourth-order valence-corrected chi connectivity index (χ4v) is 2.26. The minimum absolute atomic E-state index is 0.0101. The van der Waals surface area contributed by atoms with E-state index in [1.165, 1.54) is 18.0 Å². The van der Waals surface area contributed by atoms with Crippen LogP contribution in [-0.2, 0) is 6.42 Å². The van der Waals surface area contributed by atoms with Gasteiger partial charge in [0.2, 0.25) is 0 Å². The van der Waals surface area contributed by atoms with Crippen LogP contribution in [0, 0.1) is 0 Å². The van der Waals surface area contributed by atoms with E-state index in [1.807, 2.05) is 20.1 Å². The number of carbonyl (C=O) groups excluding carboxylic acids is 1. The van der Waals surface area contributed by atoms with Gasteiger partial charge in [-0.15, -0.1) is 0 Å². The van der Waals surface area contributed by atoms with Crippen LogP contribution >= 0.6 is 11.8 Å². The fourth-order valence-electron chi connectivity index (χ4n) is 1.63. The summed E-state index contributed by atoms with van der Waals surface area (Å²) in [5, 5.41) is 12.0. The molecular formula is C12H19NO3S. The second kappa shape index (κ2) is 6.71. The van der Waals surface area contributed by atoms with Crippen molar-refractivity contribution in [3.8, 4) is 0 Å². The molecule has 2 N–H and O–H groups in total. The number of thioether (sulfide) groups is 1. The number of aliphatic hydroxyl groups is 1. The van der Waals surface area contributed by atoms with E-state index >= 15 is 0 Å². The van der Waals surface area contributed by atoms with E-state index in [0.29, 0.717) is 17.7 Å². The van der Waals surface area contributed by atoms with Gasteiger partial charge in [-0.1, -0.05) is 6.92 Å². The van der Waals surface area contributed by atoms with E-state index in [1.54, 1.807) is 6.07 Å². The number of carbonyl (C=O) groups is 1. The molecule has 0 saturated carbocycles. The quantitative estimate of drug-likeness (QED) is 0.814. The van der Waals surface area contributed by atoms with Gasteiger partial charge < -0.3 is 14.8 Å². The zero-order valence-electron chi connectivity index (χ0n) is 10.4. The Morgan fingerprint density at radius 1 is 1.65 bits per heavy atom. The summed E-state index contributed by atoms with van der Waals surface area (Å²) < 4.78 is 5.21. The number of furan rings is 1. The molecule has 1 heterocycles. The van der Waals surface area contributed by atoms with Crippen LogP contribution in [0.3, 0.4) is 0 Å². The van der Waals surface area contributed by atoms with Crippen molar-refractivity contribution < 1.29 is 14.3 Å². The first-order valence-corrected chi connectivity index (χ1v) is 6.93. The molecule has 0 aliphatic heterocycles. The highest BCUT2D eigenvalue weighted by Crippen LogP contribution is 2.14. The molecule has 4 nitrogen and oxygen atoms in total. The van der Waals surface area contributed by atoms with Gasteiger partial charge in [0, 0.05) is 17.7 Å². The van der Waals surface area contributed by atoms with Crippen molar-refractivity contribution in [2.24, 2.45) is 0 Å². The second-order valence-corrected chi connectivity index (χ2v) is 4.91. The molecule has 17 heavy (non-hydrogen) atoms.